The van der Waals surface area contributed by atoms with E-state index in [4.69, 9.17) is 0 Å². The van der Waals surface area contributed by atoms with E-state index in [1.165, 1.54) is 48.3 Å². The lowest BCUT2D eigenvalue weighted by Gasteiger charge is -2.30. The zero-order chi connectivity index (χ0) is 35.3. The quantitative estimate of drug-likeness (QED) is 0.157. The van der Waals surface area contributed by atoms with Crippen LogP contribution in [0.1, 0.15) is 41.4 Å². The number of nitrogens with zero attached hydrogens (tertiary/aromatic N) is 3. The zero-order valence-corrected chi connectivity index (χ0v) is 24.9. The van der Waals surface area contributed by atoms with Crippen molar-refractivity contribution in [3.63, 3.8) is 0 Å². The topological polar surface area (TPSA) is 165 Å². The molecule has 0 fully saturated rings. The second kappa shape index (κ2) is 10.4. The Morgan fingerprint density at radius 2 is 0.854 bits per heavy atom. The molecule has 0 aliphatic carbocycles. The van der Waals surface area contributed by atoms with Crippen molar-refractivity contribution >= 4 is 76.8 Å². The molecule has 4 aromatic carbocycles. The lowest BCUT2D eigenvalue weighted by Crippen LogP contribution is -2.44. The lowest BCUT2D eigenvalue weighted by molar-refractivity contribution is -0.0768. The molecule has 0 saturated carbocycles. The van der Waals surface area contributed by atoms with Gasteiger partial charge in [0.25, 0.3) is 23.6 Å². The Kier molecular flexibility index (Phi) is 7.13. The number of hydroxylamine groups is 4. The highest BCUT2D eigenvalue weighted by Crippen LogP contribution is 2.43. The van der Waals surface area contributed by atoms with Gasteiger partial charge in [0.05, 0.1) is 22.3 Å². The molecular weight excluding hydrogens is 704 g/mol. The Labute approximate surface area is 263 Å². The third-order valence-electron chi connectivity index (χ3n) is 7.33. The van der Waals surface area contributed by atoms with Gasteiger partial charge in [0, 0.05) is 40.0 Å². The maximum Gasteiger partial charge on any atom is 0.525 e. The van der Waals surface area contributed by atoms with Crippen LogP contribution in [0.3, 0.4) is 0 Å². The van der Waals surface area contributed by atoms with Crippen molar-refractivity contribution in [3.8, 4) is 0 Å². The van der Waals surface area contributed by atoms with Gasteiger partial charge in [0.15, 0.2) is 0 Å². The van der Waals surface area contributed by atoms with Crippen LogP contribution >= 0.6 is 0 Å². The summed E-state index contributed by atoms with van der Waals surface area (Å²) in [5, 5.41) is -0.859. The van der Waals surface area contributed by atoms with E-state index in [1.54, 1.807) is 0 Å². The van der Waals surface area contributed by atoms with Crippen LogP contribution in [-0.2, 0) is 28.8 Å². The Balaban J connectivity index is 1.44. The zero-order valence-electron chi connectivity index (χ0n) is 23.3. The van der Waals surface area contributed by atoms with Gasteiger partial charge in [0.2, 0.25) is 0 Å². The number of hydrogen-bond donors (Lipinski definition) is 0. The van der Waals surface area contributed by atoms with Crippen molar-refractivity contribution in [1.29, 1.82) is 0 Å². The summed E-state index contributed by atoms with van der Waals surface area (Å²) in [5.41, 5.74) is -13.0. The molecule has 0 spiro atoms. The molecule has 4 amide bonds. The summed E-state index contributed by atoms with van der Waals surface area (Å²) in [7, 11) is -11.3. The number of halogens is 6. The van der Waals surface area contributed by atoms with Crippen LogP contribution in [0.5, 0.6) is 0 Å². The van der Waals surface area contributed by atoms with Gasteiger partial charge in [-0.15, -0.1) is 18.7 Å². The van der Waals surface area contributed by atoms with Crippen LogP contribution < -0.4 is 4.90 Å². The SMILES string of the molecule is CN(c1ccc2c3c(cccc13)C(=O)N(OS(=O)(=O)C(F)(F)F)C2=O)c1ccc2c3c(cccc13)C(=O)N(OS(=O)(=O)C(F)(F)F)C2=O. The molecule has 0 atom stereocenters. The van der Waals surface area contributed by atoms with Crippen molar-refractivity contribution in [3.05, 3.63) is 82.9 Å². The van der Waals surface area contributed by atoms with Crippen molar-refractivity contribution in [2.75, 3.05) is 11.9 Å². The summed E-state index contributed by atoms with van der Waals surface area (Å²) in [6, 6.07) is 12.5. The summed E-state index contributed by atoms with van der Waals surface area (Å²) in [4.78, 5) is 53.6. The minimum atomic E-state index is -6.41. The van der Waals surface area contributed by atoms with Gasteiger partial charge in [-0.05, 0) is 36.4 Å². The molecule has 0 N–H and O–H groups in total. The fourth-order valence-corrected chi connectivity index (χ4v) is 6.08. The van der Waals surface area contributed by atoms with Gasteiger partial charge in [-0.3, -0.25) is 19.2 Å². The number of hydrogen-bond acceptors (Lipinski definition) is 11. The number of carbonyl (C=O) groups excluding carboxylic acids is 4. The maximum atomic E-state index is 13.0. The van der Waals surface area contributed by atoms with E-state index in [2.05, 4.69) is 8.57 Å². The first-order chi connectivity index (χ1) is 22.2. The monoisotopic (exact) mass is 717 g/mol. The molecule has 0 radical (unpaired) electrons. The average molecular weight is 718 g/mol. The van der Waals surface area contributed by atoms with Crippen molar-refractivity contribution in [2.24, 2.45) is 0 Å². The summed E-state index contributed by atoms with van der Waals surface area (Å²) in [5.74, 6) is -6.04. The van der Waals surface area contributed by atoms with Crippen molar-refractivity contribution in [2.45, 2.75) is 11.0 Å². The number of rotatable bonds is 6. The number of benzene rings is 4. The number of imide groups is 2. The third-order valence-corrected chi connectivity index (χ3v) is 9.15. The van der Waals surface area contributed by atoms with E-state index >= 15 is 0 Å². The molecular formula is C27H13F6N3O10S2. The number of anilines is 2. The molecule has 2 heterocycles. The fraction of sp³-hybridized carbons (Fsp3) is 0.111. The number of amides is 4. The van der Waals surface area contributed by atoms with Crippen LogP contribution in [0.2, 0.25) is 0 Å². The van der Waals surface area contributed by atoms with E-state index in [0.29, 0.717) is 0 Å². The normalized spacial score (nSPS) is 15.6. The summed E-state index contributed by atoms with van der Waals surface area (Å²) in [6.45, 7) is 0. The molecule has 0 bridgehead atoms. The molecule has 21 heteroatoms. The minimum absolute atomic E-state index is 0.0761. The third kappa shape index (κ3) is 4.76. The molecule has 48 heavy (non-hydrogen) atoms. The predicted molar refractivity (Wildman–Crippen MR) is 149 cm³/mol. The summed E-state index contributed by atoms with van der Waals surface area (Å²) in [6.07, 6.45) is 0. The molecule has 13 nitrogen and oxygen atoms in total. The highest BCUT2D eigenvalue weighted by atomic mass is 32.2. The highest BCUT2D eigenvalue weighted by molar-refractivity contribution is 7.87. The second-order valence-corrected chi connectivity index (χ2v) is 13.1. The highest BCUT2D eigenvalue weighted by Gasteiger charge is 2.53. The average Bonchev–Trinajstić information content (AvgIpc) is 3.00. The largest absolute Gasteiger partial charge is 0.525 e. The fourth-order valence-electron chi connectivity index (χ4n) is 5.25. The molecule has 6 rings (SSSR count). The summed E-state index contributed by atoms with van der Waals surface area (Å²) < 4.78 is 132. The van der Waals surface area contributed by atoms with Gasteiger partial charge in [-0.2, -0.15) is 43.2 Å². The Morgan fingerprint density at radius 3 is 1.17 bits per heavy atom. The van der Waals surface area contributed by atoms with E-state index in [9.17, 15) is 62.4 Å². The molecule has 0 unspecified atom stereocenters. The molecule has 250 valence electrons. The van der Waals surface area contributed by atoms with E-state index in [0.717, 1.165) is 24.3 Å². The first-order valence-electron chi connectivity index (χ1n) is 12.8. The van der Waals surface area contributed by atoms with Gasteiger partial charge in [-0.1, -0.05) is 24.3 Å². The van der Waals surface area contributed by atoms with Crippen molar-refractivity contribution in [1.82, 2.24) is 10.1 Å². The molecule has 2 aliphatic heterocycles. The van der Waals surface area contributed by atoms with Gasteiger partial charge < -0.3 is 4.90 Å². The van der Waals surface area contributed by atoms with Crippen LogP contribution in [0.4, 0.5) is 37.7 Å². The van der Waals surface area contributed by atoms with E-state index in [-0.39, 0.29) is 32.9 Å². The Hall–Kier alpha value is -5.12. The molecule has 0 saturated heterocycles. The first-order valence-corrected chi connectivity index (χ1v) is 15.6. The predicted octanol–water partition coefficient (Wildman–Crippen LogP) is 4.52. The number of alkyl halides is 6. The maximum absolute atomic E-state index is 13.0. The summed E-state index contributed by atoms with van der Waals surface area (Å²) >= 11 is 0. The first kappa shape index (κ1) is 32.8. The molecule has 0 aromatic heterocycles. The standard InChI is InChI=1S/C27H13F6N3O10S2/c1-34(18-10-8-16-20-12(18)4-2-6-14(20)22(37)35(24(16)39)45-47(41,42)26(28,29)30)19-11-9-17-21-13(19)5-3-7-15(21)23(38)36(25(17)40)46-48(43,44)27(31,32)33/h2-11H,1H3. The van der Waals surface area contributed by atoms with Gasteiger partial charge in [0.1, 0.15) is 0 Å². The minimum Gasteiger partial charge on any atom is -0.344 e. The van der Waals surface area contributed by atoms with Crippen LogP contribution in [0.15, 0.2) is 60.7 Å². The van der Waals surface area contributed by atoms with Crippen LogP contribution in [0.25, 0.3) is 21.5 Å². The van der Waals surface area contributed by atoms with E-state index < -0.39 is 87.3 Å². The number of carbonyl (C=O) groups is 4. The second-order valence-electron chi connectivity index (χ2n) is 10.0. The van der Waals surface area contributed by atoms with Crippen LogP contribution in [-0.4, -0.2) is 68.7 Å². The van der Waals surface area contributed by atoms with E-state index in [1.807, 2.05) is 0 Å². The molecule has 2 aliphatic rings. The molecule has 4 aromatic rings. The van der Waals surface area contributed by atoms with Crippen LogP contribution in [0, 0.1) is 0 Å². The van der Waals surface area contributed by atoms with Crippen molar-refractivity contribution < 1.29 is 70.9 Å². The smallest absolute Gasteiger partial charge is 0.344 e. The van der Waals surface area contributed by atoms with Gasteiger partial charge in [-0.25, -0.2) is 0 Å². The van der Waals surface area contributed by atoms with Gasteiger partial charge >= 0.3 is 31.3 Å². The Morgan fingerprint density at radius 1 is 0.542 bits per heavy atom. The lowest BCUT2D eigenvalue weighted by atomic mass is 9.92. The Bertz CT molecular complexity index is 2170.